The number of rotatable bonds is 8. The molecule has 1 atom stereocenters. The summed E-state index contributed by atoms with van der Waals surface area (Å²) in [6.07, 6.45) is 4.86. The Morgan fingerprint density at radius 2 is 2.26 bits per heavy atom. The number of likely N-dealkylation sites (N-methyl/N-ethyl adjacent to an activating group) is 1. The molecule has 1 aliphatic rings. The number of likely N-dealkylation sites (tertiary alicyclic amines) is 1. The summed E-state index contributed by atoms with van der Waals surface area (Å²) >= 11 is 0. The molecular weight excluding hydrogens is 238 g/mol. The number of nitrogens with one attached hydrogen (secondary N) is 1. The lowest BCUT2D eigenvalue weighted by Gasteiger charge is -2.26. The Morgan fingerprint density at radius 1 is 1.42 bits per heavy atom. The van der Waals surface area contributed by atoms with Crippen molar-refractivity contribution in [2.45, 2.75) is 32.9 Å². The molecule has 2 rings (SSSR count). The average molecular weight is 265 g/mol. The van der Waals surface area contributed by atoms with Crippen molar-refractivity contribution in [2.75, 3.05) is 39.3 Å². The van der Waals surface area contributed by atoms with Crippen LogP contribution < -0.4 is 5.32 Å². The second kappa shape index (κ2) is 7.68. The van der Waals surface area contributed by atoms with Crippen LogP contribution in [0.4, 0.5) is 0 Å². The van der Waals surface area contributed by atoms with Gasteiger partial charge in [-0.2, -0.15) is 0 Å². The van der Waals surface area contributed by atoms with Crippen molar-refractivity contribution in [3.63, 3.8) is 0 Å². The lowest BCUT2D eigenvalue weighted by atomic mass is 10.2. The number of hydrogen-bond donors (Lipinski definition) is 1. The molecule has 1 fully saturated rings. The third kappa shape index (κ3) is 4.34. The van der Waals surface area contributed by atoms with Crippen LogP contribution in [0.5, 0.6) is 0 Å². The van der Waals surface area contributed by atoms with E-state index in [0.29, 0.717) is 0 Å². The molecule has 4 nitrogen and oxygen atoms in total. The first-order valence-electron chi connectivity index (χ1n) is 7.51. The zero-order valence-electron chi connectivity index (χ0n) is 12.3. The van der Waals surface area contributed by atoms with Gasteiger partial charge in [0.15, 0.2) is 0 Å². The van der Waals surface area contributed by atoms with Crippen LogP contribution in [-0.2, 0) is 6.54 Å². The number of furan rings is 1. The monoisotopic (exact) mass is 265 g/mol. The number of nitrogens with zero attached hydrogens (tertiary/aromatic N) is 2. The van der Waals surface area contributed by atoms with Gasteiger partial charge in [0.25, 0.3) is 0 Å². The molecule has 1 N–H and O–H groups in total. The molecule has 1 unspecified atom stereocenters. The summed E-state index contributed by atoms with van der Waals surface area (Å²) < 4.78 is 5.05. The maximum Gasteiger partial charge on any atom is 0.0947 e. The van der Waals surface area contributed by atoms with Gasteiger partial charge in [-0.15, -0.1) is 0 Å². The lowest BCUT2D eigenvalue weighted by Crippen LogP contribution is -2.38. The topological polar surface area (TPSA) is 31.6 Å². The van der Waals surface area contributed by atoms with Crippen LogP contribution in [0, 0.1) is 0 Å². The van der Waals surface area contributed by atoms with E-state index in [2.05, 4.69) is 29.0 Å². The molecule has 1 saturated heterocycles. The summed E-state index contributed by atoms with van der Waals surface area (Å²) in [7, 11) is 0. The standard InChI is InChI=1S/C15H27N3O/c1-3-18(4-2)15-5-8-17(12-15)9-7-16-11-14-6-10-19-13-14/h6,10,13,15-16H,3-5,7-9,11-12H2,1-2H3. The molecule has 1 aromatic heterocycles. The molecule has 4 heteroatoms. The van der Waals surface area contributed by atoms with Crippen LogP contribution in [-0.4, -0.2) is 55.1 Å². The molecule has 2 heterocycles. The Balaban J connectivity index is 1.60. The second-order valence-electron chi connectivity index (χ2n) is 5.27. The fraction of sp³-hybridized carbons (Fsp3) is 0.733. The minimum Gasteiger partial charge on any atom is -0.472 e. The summed E-state index contributed by atoms with van der Waals surface area (Å²) in [5.74, 6) is 0. The molecule has 0 bridgehead atoms. The quantitative estimate of drug-likeness (QED) is 0.726. The van der Waals surface area contributed by atoms with Crippen molar-refractivity contribution >= 4 is 0 Å². The van der Waals surface area contributed by atoms with Crippen molar-refractivity contribution in [1.82, 2.24) is 15.1 Å². The predicted octanol–water partition coefficient (Wildman–Crippen LogP) is 1.79. The van der Waals surface area contributed by atoms with Crippen LogP contribution in [0.3, 0.4) is 0 Å². The van der Waals surface area contributed by atoms with Gasteiger partial charge in [0.2, 0.25) is 0 Å². The van der Waals surface area contributed by atoms with Crippen LogP contribution in [0.2, 0.25) is 0 Å². The molecule has 0 aliphatic carbocycles. The molecule has 0 radical (unpaired) electrons. The van der Waals surface area contributed by atoms with Gasteiger partial charge in [-0.05, 0) is 32.1 Å². The van der Waals surface area contributed by atoms with Crippen molar-refractivity contribution in [1.29, 1.82) is 0 Å². The maximum atomic E-state index is 5.05. The molecule has 0 spiro atoms. The zero-order chi connectivity index (χ0) is 13.5. The highest BCUT2D eigenvalue weighted by Crippen LogP contribution is 2.14. The average Bonchev–Trinajstić information content (AvgIpc) is 3.08. The Morgan fingerprint density at radius 3 is 2.95 bits per heavy atom. The highest BCUT2D eigenvalue weighted by Gasteiger charge is 2.25. The molecule has 108 valence electrons. The maximum absolute atomic E-state index is 5.05. The second-order valence-corrected chi connectivity index (χ2v) is 5.27. The highest BCUT2D eigenvalue weighted by atomic mass is 16.3. The van der Waals surface area contributed by atoms with Crippen LogP contribution in [0.25, 0.3) is 0 Å². The predicted molar refractivity (Wildman–Crippen MR) is 78.2 cm³/mol. The van der Waals surface area contributed by atoms with Gasteiger partial charge in [-0.1, -0.05) is 13.8 Å². The van der Waals surface area contributed by atoms with Gasteiger partial charge in [-0.25, -0.2) is 0 Å². The molecule has 0 saturated carbocycles. The van der Waals surface area contributed by atoms with Crippen LogP contribution in [0.15, 0.2) is 23.0 Å². The molecule has 0 amide bonds. The van der Waals surface area contributed by atoms with Crippen LogP contribution in [0.1, 0.15) is 25.8 Å². The highest BCUT2D eigenvalue weighted by molar-refractivity contribution is 5.04. The van der Waals surface area contributed by atoms with E-state index in [1.807, 2.05) is 6.07 Å². The van der Waals surface area contributed by atoms with E-state index in [0.717, 1.165) is 25.7 Å². The van der Waals surface area contributed by atoms with Gasteiger partial charge >= 0.3 is 0 Å². The van der Waals surface area contributed by atoms with Gasteiger partial charge < -0.3 is 14.6 Å². The van der Waals surface area contributed by atoms with Gasteiger partial charge in [-0.3, -0.25) is 4.90 Å². The first kappa shape index (κ1) is 14.6. The van der Waals surface area contributed by atoms with Crippen LogP contribution >= 0.6 is 0 Å². The summed E-state index contributed by atoms with van der Waals surface area (Å²) in [6, 6.07) is 2.78. The third-order valence-electron chi connectivity index (χ3n) is 4.09. The lowest BCUT2D eigenvalue weighted by molar-refractivity contribution is 0.211. The smallest absolute Gasteiger partial charge is 0.0947 e. The Kier molecular flexibility index (Phi) is 5.89. The largest absolute Gasteiger partial charge is 0.472 e. The van der Waals surface area contributed by atoms with Crippen molar-refractivity contribution < 1.29 is 4.42 Å². The van der Waals surface area contributed by atoms with Gasteiger partial charge in [0, 0.05) is 37.8 Å². The van der Waals surface area contributed by atoms with E-state index >= 15 is 0 Å². The van der Waals surface area contributed by atoms with Crippen molar-refractivity contribution in [2.24, 2.45) is 0 Å². The third-order valence-corrected chi connectivity index (χ3v) is 4.09. The summed E-state index contributed by atoms with van der Waals surface area (Å²) in [6.45, 7) is 12.5. The SMILES string of the molecule is CCN(CC)C1CCN(CCNCc2ccoc2)C1. The fourth-order valence-electron chi connectivity index (χ4n) is 2.92. The molecular formula is C15H27N3O. The van der Waals surface area contributed by atoms with Crippen molar-refractivity contribution in [3.05, 3.63) is 24.2 Å². The number of hydrogen-bond acceptors (Lipinski definition) is 4. The summed E-state index contributed by atoms with van der Waals surface area (Å²) in [5.41, 5.74) is 1.22. The fourth-order valence-corrected chi connectivity index (χ4v) is 2.92. The van der Waals surface area contributed by atoms with E-state index in [9.17, 15) is 0 Å². The summed E-state index contributed by atoms with van der Waals surface area (Å²) in [5, 5.41) is 3.47. The van der Waals surface area contributed by atoms with Gasteiger partial charge in [0.1, 0.15) is 0 Å². The normalized spacial score (nSPS) is 20.5. The van der Waals surface area contributed by atoms with Crippen molar-refractivity contribution in [3.8, 4) is 0 Å². The van der Waals surface area contributed by atoms with E-state index in [1.54, 1.807) is 12.5 Å². The Bertz CT molecular complexity index is 335. The Labute approximate surface area is 116 Å². The molecule has 1 aliphatic heterocycles. The molecule has 19 heavy (non-hydrogen) atoms. The first-order chi connectivity index (χ1) is 9.33. The minimum atomic E-state index is 0.767. The zero-order valence-corrected chi connectivity index (χ0v) is 12.3. The van der Waals surface area contributed by atoms with E-state index in [1.165, 1.54) is 38.2 Å². The minimum absolute atomic E-state index is 0.767. The van der Waals surface area contributed by atoms with E-state index in [4.69, 9.17) is 4.42 Å². The van der Waals surface area contributed by atoms with E-state index in [-0.39, 0.29) is 0 Å². The first-order valence-corrected chi connectivity index (χ1v) is 7.51. The summed E-state index contributed by atoms with van der Waals surface area (Å²) in [4.78, 5) is 5.16. The molecule has 0 aromatic carbocycles. The molecule has 1 aromatic rings. The van der Waals surface area contributed by atoms with Gasteiger partial charge in [0.05, 0.1) is 12.5 Å². The Hall–Kier alpha value is -0.840. The van der Waals surface area contributed by atoms with E-state index < -0.39 is 0 Å².